The summed E-state index contributed by atoms with van der Waals surface area (Å²) in [6.07, 6.45) is 0.545. The predicted octanol–water partition coefficient (Wildman–Crippen LogP) is 0.291. The number of ether oxygens (including phenoxy) is 2. The Morgan fingerprint density at radius 1 is 1.00 bits per heavy atom. The van der Waals surface area contributed by atoms with E-state index in [0.717, 1.165) is 0 Å². The van der Waals surface area contributed by atoms with Crippen LogP contribution in [0.2, 0.25) is 0 Å². The van der Waals surface area contributed by atoms with Gasteiger partial charge in [0.05, 0.1) is 14.2 Å². The number of hydrogen-bond acceptors (Lipinski definition) is 5. The third-order valence-electron chi connectivity index (χ3n) is 3.25. The molecule has 0 unspecified atom stereocenters. The molecule has 1 aliphatic heterocycles. The van der Waals surface area contributed by atoms with Crippen LogP contribution in [-0.2, 0) is 24.3 Å². The van der Waals surface area contributed by atoms with Crippen LogP contribution in [0.25, 0.3) is 0 Å². The summed E-state index contributed by atoms with van der Waals surface area (Å²) in [6.45, 7) is 2.94. The zero-order chi connectivity index (χ0) is 12.6. The van der Waals surface area contributed by atoms with E-state index in [9.17, 15) is 14.8 Å². The average molecular weight is 230 g/mol. The van der Waals surface area contributed by atoms with Crippen molar-refractivity contribution in [3.63, 3.8) is 0 Å². The van der Waals surface area contributed by atoms with Gasteiger partial charge in [-0.2, -0.15) is 0 Å². The molecule has 2 atom stereocenters. The molecule has 0 amide bonds. The molecule has 1 saturated heterocycles. The highest BCUT2D eigenvalue weighted by atomic mass is 16.6. The Hall–Kier alpha value is -1.14. The summed E-state index contributed by atoms with van der Waals surface area (Å²) in [5, 5.41) is 12.6. The van der Waals surface area contributed by atoms with Crippen LogP contribution in [0.1, 0.15) is 26.7 Å². The van der Waals surface area contributed by atoms with Crippen molar-refractivity contribution < 1.29 is 24.3 Å². The molecule has 6 heteroatoms. The summed E-state index contributed by atoms with van der Waals surface area (Å²) in [5.74, 6) is -1.26. The van der Waals surface area contributed by atoms with E-state index in [0.29, 0.717) is 5.06 Å². The molecule has 1 fully saturated rings. The quantitative estimate of drug-likeness (QED) is 0.637. The largest absolute Gasteiger partial charge is 0.468 e. The molecule has 0 aromatic heterocycles. The summed E-state index contributed by atoms with van der Waals surface area (Å²) < 4.78 is 9.16. The van der Waals surface area contributed by atoms with Crippen LogP contribution >= 0.6 is 0 Å². The number of rotatable bonds is 2. The lowest BCUT2D eigenvalue weighted by molar-refractivity contribution is -0.256. The van der Waals surface area contributed by atoms with E-state index in [-0.39, 0.29) is 12.8 Å². The highest BCUT2D eigenvalue weighted by Crippen LogP contribution is 2.41. The predicted molar refractivity (Wildman–Crippen MR) is 52.6 cm³/mol. The maximum atomic E-state index is 12.1. The minimum absolute atomic E-state index is 0.273. The molecule has 1 rings (SSSR count). The standard InChI is InChI=1S/C10H16NO5/c1-9(7(12)15-3)5-6-10(2,11(9)14)8(13)16-4/h5-6H2,1-4H3/t9-,10-/m1/s1. The Labute approximate surface area is 94.1 Å². The van der Waals surface area contributed by atoms with Crippen LogP contribution in [0, 0.1) is 0 Å². The fraction of sp³-hybridized carbons (Fsp3) is 0.800. The van der Waals surface area contributed by atoms with E-state index in [1.165, 1.54) is 28.1 Å². The smallest absolute Gasteiger partial charge is 0.328 e. The van der Waals surface area contributed by atoms with Crippen molar-refractivity contribution in [2.75, 3.05) is 14.2 Å². The van der Waals surface area contributed by atoms with Crippen LogP contribution in [0.4, 0.5) is 0 Å². The first-order chi connectivity index (χ1) is 7.32. The minimum Gasteiger partial charge on any atom is -0.468 e. The van der Waals surface area contributed by atoms with Crippen LogP contribution in [-0.4, -0.2) is 42.3 Å². The molecule has 16 heavy (non-hydrogen) atoms. The number of carbonyl (C=O) groups is 2. The van der Waals surface area contributed by atoms with E-state index in [1.807, 2.05) is 0 Å². The number of carbonyl (C=O) groups excluding carboxylic acids is 2. The fourth-order valence-electron chi connectivity index (χ4n) is 2.04. The van der Waals surface area contributed by atoms with Gasteiger partial charge in [0.15, 0.2) is 0 Å². The first-order valence-corrected chi connectivity index (χ1v) is 4.97. The molecule has 0 aromatic carbocycles. The maximum Gasteiger partial charge on any atom is 0.328 e. The lowest BCUT2D eigenvalue weighted by Gasteiger charge is -2.32. The van der Waals surface area contributed by atoms with Crippen LogP contribution < -0.4 is 0 Å². The third-order valence-corrected chi connectivity index (χ3v) is 3.25. The summed E-state index contributed by atoms with van der Waals surface area (Å²) in [7, 11) is 2.43. The molecule has 0 bridgehead atoms. The monoisotopic (exact) mass is 230 g/mol. The van der Waals surface area contributed by atoms with E-state index >= 15 is 0 Å². The number of hydrogen-bond donors (Lipinski definition) is 0. The van der Waals surface area contributed by atoms with E-state index in [2.05, 4.69) is 9.47 Å². The lowest BCUT2D eigenvalue weighted by Crippen LogP contribution is -2.56. The Kier molecular flexibility index (Phi) is 3.25. The zero-order valence-corrected chi connectivity index (χ0v) is 9.90. The van der Waals surface area contributed by atoms with Crippen molar-refractivity contribution in [1.29, 1.82) is 0 Å². The Balaban J connectivity index is 3.01. The Morgan fingerprint density at radius 2 is 1.31 bits per heavy atom. The first kappa shape index (κ1) is 12.9. The molecule has 1 aliphatic rings. The van der Waals surface area contributed by atoms with Gasteiger partial charge in [-0.1, -0.05) is 0 Å². The van der Waals surface area contributed by atoms with E-state index in [1.54, 1.807) is 0 Å². The van der Waals surface area contributed by atoms with Crippen LogP contribution in [0.3, 0.4) is 0 Å². The molecule has 0 aliphatic carbocycles. The maximum absolute atomic E-state index is 12.1. The highest BCUT2D eigenvalue weighted by Gasteiger charge is 2.60. The van der Waals surface area contributed by atoms with Crippen molar-refractivity contribution in [2.24, 2.45) is 0 Å². The van der Waals surface area contributed by atoms with Gasteiger partial charge in [-0.25, -0.2) is 9.59 Å². The SMILES string of the molecule is COC(=O)[C@@]1(C)CC[C@](C)(C(=O)OC)N1[O]. The molecule has 0 saturated carbocycles. The van der Waals surface area contributed by atoms with E-state index < -0.39 is 23.0 Å². The second-order valence-corrected chi connectivity index (χ2v) is 4.33. The van der Waals surface area contributed by atoms with Gasteiger partial charge in [-0.15, -0.1) is 10.3 Å². The first-order valence-electron chi connectivity index (χ1n) is 4.97. The molecule has 0 spiro atoms. The lowest BCUT2D eigenvalue weighted by atomic mass is 9.98. The zero-order valence-electron chi connectivity index (χ0n) is 9.90. The second-order valence-electron chi connectivity index (χ2n) is 4.33. The summed E-state index contributed by atoms with van der Waals surface area (Å²) >= 11 is 0. The number of methoxy groups -OCH3 is 2. The number of hydroxylamine groups is 2. The van der Waals surface area contributed by atoms with Gasteiger partial charge >= 0.3 is 11.9 Å². The van der Waals surface area contributed by atoms with Gasteiger partial charge < -0.3 is 9.47 Å². The molecule has 0 aromatic rings. The van der Waals surface area contributed by atoms with Crippen molar-refractivity contribution in [2.45, 2.75) is 37.8 Å². The van der Waals surface area contributed by atoms with Gasteiger partial charge in [0.1, 0.15) is 11.1 Å². The fourth-order valence-corrected chi connectivity index (χ4v) is 2.04. The molecular weight excluding hydrogens is 214 g/mol. The molecule has 1 radical (unpaired) electrons. The van der Waals surface area contributed by atoms with Crippen molar-refractivity contribution in [3.05, 3.63) is 0 Å². The third kappa shape index (κ3) is 1.58. The number of esters is 2. The van der Waals surface area contributed by atoms with Crippen LogP contribution in [0.5, 0.6) is 0 Å². The second kappa shape index (κ2) is 4.03. The van der Waals surface area contributed by atoms with Crippen molar-refractivity contribution in [1.82, 2.24) is 5.06 Å². The van der Waals surface area contributed by atoms with Gasteiger partial charge in [-0.05, 0) is 26.7 Å². The van der Waals surface area contributed by atoms with Gasteiger partial charge in [0.2, 0.25) is 0 Å². The molecule has 91 valence electrons. The van der Waals surface area contributed by atoms with Gasteiger partial charge in [0.25, 0.3) is 0 Å². The average Bonchev–Trinajstić information content (AvgIpc) is 2.54. The molecular formula is C10H16NO5. The van der Waals surface area contributed by atoms with Crippen LogP contribution in [0.15, 0.2) is 0 Å². The van der Waals surface area contributed by atoms with E-state index in [4.69, 9.17) is 0 Å². The van der Waals surface area contributed by atoms with Crippen molar-refractivity contribution in [3.8, 4) is 0 Å². The topological polar surface area (TPSA) is 75.7 Å². The highest BCUT2D eigenvalue weighted by molar-refractivity contribution is 5.86. The summed E-state index contributed by atoms with van der Waals surface area (Å²) in [4.78, 5) is 23.1. The Bertz CT molecular complexity index is 288. The molecule has 1 heterocycles. The number of nitrogens with zero attached hydrogens (tertiary/aromatic N) is 1. The minimum atomic E-state index is -1.31. The summed E-state index contributed by atoms with van der Waals surface area (Å²) in [5.41, 5.74) is -2.62. The Morgan fingerprint density at radius 3 is 1.56 bits per heavy atom. The normalized spacial score (nSPS) is 34.8. The van der Waals surface area contributed by atoms with Gasteiger partial charge in [-0.3, -0.25) is 0 Å². The van der Waals surface area contributed by atoms with Gasteiger partial charge in [0, 0.05) is 0 Å². The molecule has 0 N–H and O–H groups in total. The van der Waals surface area contributed by atoms with Crippen molar-refractivity contribution >= 4 is 11.9 Å². The summed E-state index contributed by atoms with van der Waals surface area (Å²) in [6, 6.07) is 0. The molecule has 6 nitrogen and oxygen atoms in total.